The molecule has 1 aromatic carbocycles. The number of rotatable bonds is 11. The Morgan fingerprint density at radius 2 is 1.91 bits per heavy atom. The zero-order valence-electron chi connectivity index (χ0n) is 19.8. The molecule has 35 heavy (non-hydrogen) atoms. The van der Waals surface area contributed by atoms with Crippen LogP contribution in [0, 0.1) is 11.8 Å². The first-order chi connectivity index (χ1) is 16.8. The summed E-state index contributed by atoms with van der Waals surface area (Å²) in [5, 5.41) is 15.6. The maximum atomic E-state index is 13.9. The van der Waals surface area contributed by atoms with Crippen LogP contribution in [0.15, 0.2) is 24.3 Å². The number of anilines is 1. The summed E-state index contributed by atoms with van der Waals surface area (Å²) in [6, 6.07) is 6.27. The van der Waals surface area contributed by atoms with Crippen LogP contribution in [0.3, 0.4) is 0 Å². The van der Waals surface area contributed by atoms with Gasteiger partial charge in [-0.15, -0.1) is 11.8 Å². The second-order valence-corrected chi connectivity index (χ2v) is 12.8. The van der Waals surface area contributed by atoms with Gasteiger partial charge in [0, 0.05) is 40.5 Å². The number of nitrogens with one attached hydrogen (secondary N) is 2. The number of amides is 3. The lowest BCUT2D eigenvalue weighted by Crippen LogP contribution is -2.53. The van der Waals surface area contributed by atoms with Gasteiger partial charge in [0.05, 0.1) is 16.6 Å². The van der Waals surface area contributed by atoms with Crippen molar-refractivity contribution in [1.29, 1.82) is 0 Å². The zero-order chi connectivity index (χ0) is 25.2. The van der Waals surface area contributed by atoms with Gasteiger partial charge in [-0.25, -0.2) is 0 Å². The maximum absolute atomic E-state index is 13.9. The van der Waals surface area contributed by atoms with Crippen molar-refractivity contribution in [3.05, 3.63) is 29.3 Å². The van der Waals surface area contributed by atoms with E-state index in [1.54, 1.807) is 40.9 Å². The molecule has 3 aliphatic rings. The van der Waals surface area contributed by atoms with Gasteiger partial charge in [-0.3, -0.25) is 14.4 Å². The molecular formula is C25H33BrClN3O4S. The molecule has 3 fully saturated rings. The highest BCUT2D eigenvalue weighted by molar-refractivity contribution is 9.09. The number of fused-ring (bicyclic) bond motifs is 1. The summed E-state index contributed by atoms with van der Waals surface area (Å²) in [6.45, 7) is 3.19. The molecule has 192 valence electrons. The molecule has 2 bridgehead atoms. The third kappa shape index (κ3) is 5.11. The van der Waals surface area contributed by atoms with Crippen LogP contribution in [0.2, 0.25) is 5.02 Å². The predicted octanol–water partition coefficient (Wildman–Crippen LogP) is 3.82. The summed E-state index contributed by atoms with van der Waals surface area (Å²) in [5.74, 6) is -1.37. The minimum Gasteiger partial charge on any atom is -0.396 e. The second-order valence-electron chi connectivity index (χ2n) is 9.62. The van der Waals surface area contributed by atoms with Crippen molar-refractivity contribution in [2.24, 2.45) is 11.8 Å². The SMILES string of the molecule is CCCNC(=O)[C@H]1[C@@H]2SC3(CC2Br)C(C(=O)Nc2ccc(Cl)cc2)N(CCCCCCO)C(=O)[C@H]13. The number of hydrogen-bond donors (Lipinski definition) is 3. The molecule has 3 amide bonds. The molecule has 0 radical (unpaired) electrons. The van der Waals surface area contributed by atoms with Crippen LogP contribution < -0.4 is 10.6 Å². The van der Waals surface area contributed by atoms with E-state index < -0.39 is 22.6 Å². The number of carbonyl (C=O) groups excluding carboxylic acids is 3. The van der Waals surface area contributed by atoms with E-state index in [-0.39, 0.29) is 34.4 Å². The van der Waals surface area contributed by atoms with Crippen LogP contribution in [0.1, 0.15) is 45.4 Å². The van der Waals surface area contributed by atoms with Crippen LogP contribution in [0.5, 0.6) is 0 Å². The van der Waals surface area contributed by atoms with Crippen molar-refractivity contribution in [3.63, 3.8) is 0 Å². The summed E-state index contributed by atoms with van der Waals surface area (Å²) in [7, 11) is 0. The average molecular weight is 587 g/mol. The van der Waals surface area contributed by atoms with Crippen molar-refractivity contribution >= 4 is 62.7 Å². The van der Waals surface area contributed by atoms with Gasteiger partial charge >= 0.3 is 0 Å². The fourth-order valence-electron chi connectivity index (χ4n) is 5.83. The van der Waals surface area contributed by atoms with Gasteiger partial charge in [0.2, 0.25) is 17.7 Å². The fraction of sp³-hybridized carbons (Fsp3) is 0.640. The van der Waals surface area contributed by atoms with Crippen LogP contribution in [0.4, 0.5) is 5.69 Å². The molecule has 10 heteroatoms. The number of likely N-dealkylation sites (tertiary alicyclic amines) is 1. The van der Waals surface area contributed by atoms with Crippen molar-refractivity contribution in [3.8, 4) is 0 Å². The number of unbranched alkanes of at least 4 members (excludes halogenated alkanes) is 3. The molecule has 0 saturated carbocycles. The zero-order valence-corrected chi connectivity index (χ0v) is 23.0. The van der Waals surface area contributed by atoms with Crippen molar-refractivity contribution in [1.82, 2.24) is 10.2 Å². The third-order valence-corrected chi connectivity index (χ3v) is 10.8. The number of halogens is 2. The molecule has 7 nitrogen and oxygen atoms in total. The Kier molecular flexibility index (Phi) is 8.72. The molecule has 0 aromatic heterocycles. The first-order valence-corrected chi connectivity index (χ1v) is 14.6. The summed E-state index contributed by atoms with van der Waals surface area (Å²) in [5.41, 5.74) is 0.625. The number of alkyl halides is 1. The lowest BCUT2D eigenvalue weighted by molar-refractivity contribution is -0.139. The summed E-state index contributed by atoms with van der Waals surface area (Å²) in [6.07, 6.45) is 4.70. The predicted molar refractivity (Wildman–Crippen MR) is 143 cm³/mol. The molecular weight excluding hydrogens is 554 g/mol. The molecule has 4 rings (SSSR count). The Hall–Kier alpha value is -1.29. The van der Waals surface area contributed by atoms with Crippen LogP contribution in [-0.4, -0.2) is 68.3 Å². The standard InChI is InChI=1S/C25H33BrClN3O4S/c1-2-11-28-22(32)18-19-24(34)30(12-5-3-4-6-13-31)21(25(19)14-17(26)20(18)35-25)23(33)29-16-9-7-15(27)8-10-16/h7-10,17-21,31H,2-6,11-14H2,1H3,(H,28,32)(H,29,33)/t17?,18-,19+,20-,21?,25?/m1/s1. The van der Waals surface area contributed by atoms with E-state index in [4.69, 9.17) is 16.7 Å². The van der Waals surface area contributed by atoms with E-state index in [1.807, 2.05) is 6.92 Å². The number of nitrogens with zero attached hydrogens (tertiary/aromatic N) is 1. The molecule has 1 spiro atoms. The van der Waals surface area contributed by atoms with Gasteiger partial charge < -0.3 is 20.6 Å². The molecule has 3 heterocycles. The van der Waals surface area contributed by atoms with E-state index in [0.717, 1.165) is 32.1 Å². The number of benzene rings is 1. The number of thioether (sulfide) groups is 1. The lowest BCUT2D eigenvalue weighted by atomic mass is 9.70. The van der Waals surface area contributed by atoms with E-state index >= 15 is 0 Å². The Morgan fingerprint density at radius 3 is 2.60 bits per heavy atom. The third-order valence-electron chi connectivity index (χ3n) is 7.31. The minimum absolute atomic E-state index is 0.0432. The van der Waals surface area contributed by atoms with Crippen LogP contribution >= 0.6 is 39.3 Å². The molecule has 3 unspecified atom stereocenters. The Balaban J connectivity index is 1.62. The molecule has 6 atom stereocenters. The van der Waals surface area contributed by atoms with Crippen molar-refractivity contribution in [2.45, 2.75) is 66.3 Å². The normalized spacial score (nSPS) is 31.0. The van der Waals surface area contributed by atoms with Crippen molar-refractivity contribution < 1.29 is 19.5 Å². The number of carbonyl (C=O) groups is 3. The van der Waals surface area contributed by atoms with Crippen LogP contribution in [0.25, 0.3) is 0 Å². The number of aliphatic hydroxyl groups excluding tert-OH is 1. The lowest BCUT2D eigenvalue weighted by Gasteiger charge is -2.35. The van der Waals surface area contributed by atoms with Crippen LogP contribution in [-0.2, 0) is 14.4 Å². The largest absolute Gasteiger partial charge is 0.396 e. The minimum atomic E-state index is -0.660. The van der Waals surface area contributed by atoms with Gasteiger partial charge in [0.15, 0.2) is 0 Å². The monoisotopic (exact) mass is 585 g/mol. The Labute approximate surface area is 224 Å². The van der Waals surface area contributed by atoms with Gasteiger partial charge in [0.25, 0.3) is 0 Å². The van der Waals surface area contributed by atoms with E-state index in [9.17, 15) is 14.4 Å². The highest BCUT2D eigenvalue weighted by Gasteiger charge is 2.75. The van der Waals surface area contributed by atoms with E-state index in [0.29, 0.717) is 30.2 Å². The number of aliphatic hydroxyl groups is 1. The molecule has 3 saturated heterocycles. The summed E-state index contributed by atoms with van der Waals surface area (Å²) in [4.78, 5) is 42.6. The quantitative estimate of drug-likeness (QED) is 0.271. The molecule has 3 aliphatic heterocycles. The second kappa shape index (κ2) is 11.4. The van der Waals surface area contributed by atoms with E-state index in [2.05, 4.69) is 26.6 Å². The van der Waals surface area contributed by atoms with Gasteiger partial charge in [-0.05, 0) is 49.9 Å². The first-order valence-electron chi connectivity index (χ1n) is 12.4. The Bertz CT molecular complexity index is 951. The Morgan fingerprint density at radius 1 is 1.20 bits per heavy atom. The molecule has 3 N–H and O–H groups in total. The fourth-order valence-corrected chi connectivity index (χ4v) is 9.57. The highest BCUT2D eigenvalue weighted by atomic mass is 79.9. The highest BCUT2D eigenvalue weighted by Crippen LogP contribution is 2.67. The van der Waals surface area contributed by atoms with E-state index in [1.165, 1.54) is 0 Å². The van der Waals surface area contributed by atoms with Gasteiger partial charge in [-0.2, -0.15) is 0 Å². The van der Waals surface area contributed by atoms with Gasteiger partial charge in [-0.1, -0.05) is 47.3 Å². The average Bonchev–Trinajstić information content (AvgIpc) is 3.42. The topological polar surface area (TPSA) is 98.7 Å². The smallest absolute Gasteiger partial charge is 0.248 e. The first kappa shape index (κ1) is 26.8. The summed E-state index contributed by atoms with van der Waals surface area (Å²) >= 11 is 11.4. The molecule has 0 aliphatic carbocycles. The number of hydrogen-bond acceptors (Lipinski definition) is 5. The molecule has 1 aromatic rings. The maximum Gasteiger partial charge on any atom is 0.248 e. The van der Waals surface area contributed by atoms with Crippen molar-refractivity contribution in [2.75, 3.05) is 25.0 Å². The summed E-state index contributed by atoms with van der Waals surface area (Å²) < 4.78 is -0.647. The van der Waals surface area contributed by atoms with Gasteiger partial charge in [0.1, 0.15) is 6.04 Å².